The minimum Gasteiger partial charge on any atom is -0.310 e. The van der Waals surface area contributed by atoms with E-state index in [1.54, 1.807) is 6.92 Å². The Bertz CT molecular complexity index is 599. The van der Waals surface area contributed by atoms with Gasteiger partial charge in [0.15, 0.2) is 0 Å². The SMILES string of the molecule is Cc1nc2c(C)nc(C)c(C)c2c(=O)[nH]1. The van der Waals surface area contributed by atoms with Gasteiger partial charge in [-0.1, -0.05) is 0 Å². The largest absolute Gasteiger partial charge is 0.310 e. The van der Waals surface area contributed by atoms with Crippen molar-refractivity contribution in [2.24, 2.45) is 0 Å². The highest BCUT2D eigenvalue weighted by Crippen LogP contribution is 2.17. The van der Waals surface area contributed by atoms with Crippen LogP contribution in [0, 0.1) is 27.7 Å². The Hall–Kier alpha value is -1.71. The van der Waals surface area contributed by atoms with Gasteiger partial charge in [0.25, 0.3) is 5.56 Å². The molecule has 15 heavy (non-hydrogen) atoms. The van der Waals surface area contributed by atoms with Crippen LogP contribution < -0.4 is 5.56 Å². The molecule has 0 amide bonds. The van der Waals surface area contributed by atoms with Gasteiger partial charge in [0.2, 0.25) is 0 Å². The van der Waals surface area contributed by atoms with Crippen molar-refractivity contribution < 1.29 is 0 Å². The second-order valence-electron chi connectivity index (χ2n) is 3.78. The van der Waals surface area contributed by atoms with E-state index in [1.807, 2.05) is 20.8 Å². The molecule has 0 bridgehead atoms. The van der Waals surface area contributed by atoms with Crippen molar-refractivity contribution in [2.75, 3.05) is 0 Å². The number of aryl methyl sites for hydroxylation is 4. The molecule has 4 nitrogen and oxygen atoms in total. The normalized spacial score (nSPS) is 10.9. The predicted molar refractivity (Wildman–Crippen MR) is 59.1 cm³/mol. The van der Waals surface area contributed by atoms with Crippen molar-refractivity contribution in [3.63, 3.8) is 0 Å². The van der Waals surface area contributed by atoms with E-state index in [0.29, 0.717) is 16.7 Å². The highest BCUT2D eigenvalue weighted by Gasteiger charge is 2.10. The number of fused-ring (bicyclic) bond motifs is 1. The first kappa shape index (κ1) is 9.83. The first-order chi connectivity index (χ1) is 7.00. The summed E-state index contributed by atoms with van der Waals surface area (Å²) in [6.07, 6.45) is 0. The van der Waals surface area contributed by atoms with Gasteiger partial charge in [0.1, 0.15) is 5.82 Å². The average molecular weight is 203 g/mol. The lowest BCUT2D eigenvalue weighted by Crippen LogP contribution is -2.13. The van der Waals surface area contributed by atoms with Crippen molar-refractivity contribution in [2.45, 2.75) is 27.7 Å². The van der Waals surface area contributed by atoms with Gasteiger partial charge in [-0.2, -0.15) is 0 Å². The van der Waals surface area contributed by atoms with E-state index in [2.05, 4.69) is 15.0 Å². The molecule has 2 heterocycles. The van der Waals surface area contributed by atoms with Crippen LogP contribution in [0.5, 0.6) is 0 Å². The zero-order valence-corrected chi connectivity index (χ0v) is 9.30. The summed E-state index contributed by atoms with van der Waals surface area (Å²) in [6.45, 7) is 7.45. The van der Waals surface area contributed by atoms with Crippen LogP contribution in [0.3, 0.4) is 0 Å². The Balaban J connectivity index is 3.10. The molecular weight excluding hydrogens is 190 g/mol. The Labute approximate surface area is 87.4 Å². The first-order valence-electron chi connectivity index (χ1n) is 4.85. The highest BCUT2D eigenvalue weighted by molar-refractivity contribution is 5.83. The van der Waals surface area contributed by atoms with E-state index >= 15 is 0 Å². The Morgan fingerprint density at radius 3 is 2.33 bits per heavy atom. The monoisotopic (exact) mass is 203 g/mol. The van der Waals surface area contributed by atoms with E-state index < -0.39 is 0 Å². The van der Waals surface area contributed by atoms with Gasteiger partial charge in [-0.3, -0.25) is 9.78 Å². The third kappa shape index (κ3) is 1.42. The molecule has 0 fully saturated rings. The summed E-state index contributed by atoms with van der Waals surface area (Å²) in [6, 6.07) is 0. The fraction of sp³-hybridized carbons (Fsp3) is 0.364. The van der Waals surface area contributed by atoms with Gasteiger partial charge in [0, 0.05) is 5.69 Å². The van der Waals surface area contributed by atoms with Gasteiger partial charge in [-0.15, -0.1) is 0 Å². The molecule has 78 valence electrons. The molecule has 0 aliphatic carbocycles. The van der Waals surface area contributed by atoms with Crippen LogP contribution in [0.4, 0.5) is 0 Å². The molecule has 0 spiro atoms. The summed E-state index contributed by atoms with van der Waals surface area (Å²) in [4.78, 5) is 23.2. The van der Waals surface area contributed by atoms with Crippen LogP contribution in [-0.2, 0) is 0 Å². The maximum atomic E-state index is 11.8. The van der Waals surface area contributed by atoms with E-state index in [0.717, 1.165) is 17.0 Å². The molecule has 0 aromatic carbocycles. The van der Waals surface area contributed by atoms with Crippen molar-refractivity contribution >= 4 is 10.9 Å². The number of hydrogen-bond acceptors (Lipinski definition) is 3. The summed E-state index contributed by atoms with van der Waals surface area (Å²) in [5.41, 5.74) is 3.23. The molecular formula is C11H13N3O. The predicted octanol–water partition coefficient (Wildman–Crippen LogP) is 1.55. The van der Waals surface area contributed by atoms with E-state index in [-0.39, 0.29) is 5.56 Å². The Morgan fingerprint density at radius 2 is 1.67 bits per heavy atom. The number of aromatic amines is 1. The van der Waals surface area contributed by atoms with Crippen LogP contribution in [0.25, 0.3) is 10.9 Å². The summed E-state index contributed by atoms with van der Waals surface area (Å²) < 4.78 is 0. The van der Waals surface area contributed by atoms with Crippen molar-refractivity contribution in [3.8, 4) is 0 Å². The zero-order valence-electron chi connectivity index (χ0n) is 9.30. The molecule has 2 aromatic rings. The molecule has 0 aliphatic rings. The maximum absolute atomic E-state index is 11.8. The van der Waals surface area contributed by atoms with Gasteiger partial charge in [-0.25, -0.2) is 4.98 Å². The molecule has 1 N–H and O–H groups in total. The lowest BCUT2D eigenvalue weighted by Gasteiger charge is -2.07. The second-order valence-corrected chi connectivity index (χ2v) is 3.78. The molecule has 0 aliphatic heterocycles. The summed E-state index contributed by atoms with van der Waals surface area (Å²) in [5.74, 6) is 0.626. The second kappa shape index (κ2) is 3.15. The Morgan fingerprint density at radius 1 is 1.00 bits per heavy atom. The number of nitrogens with one attached hydrogen (secondary N) is 1. The number of hydrogen-bond donors (Lipinski definition) is 1. The van der Waals surface area contributed by atoms with Crippen LogP contribution >= 0.6 is 0 Å². The molecule has 0 saturated heterocycles. The lowest BCUT2D eigenvalue weighted by atomic mass is 10.1. The lowest BCUT2D eigenvalue weighted by molar-refractivity contribution is 1.02. The van der Waals surface area contributed by atoms with E-state index in [4.69, 9.17) is 0 Å². The van der Waals surface area contributed by atoms with Crippen molar-refractivity contribution in [1.29, 1.82) is 0 Å². The van der Waals surface area contributed by atoms with Crippen LogP contribution in [0.1, 0.15) is 22.8 Å². The molecule has 0 saturated carbocycles. The van der Waals surface area contributed by atoms with Gasteiger partial charge < -0.3 is 4.98 Å². The average Bonchev–Trinajstić information content (AvgIpc) is 2.13. The number of nitrogens with zero attached hydrogens (tertiary/aromatic N) is 2. The molecule has 0 atom stereocenters. The molecule has 2 aromatic heterocycles. The number of aromatic nitrogens is 3. The zero-order chi connectivity index (χ0) is 11.2. The molecule has 0 radical (unpaired) electrons. The van der Waals surface area contributed by atoms with Crippen molar-refractivity contribution in [1.82, 2.24) is 15.0 Å². The topological polar surface area (TPSA) is 58.6 Å². The van der Waals surface area contributed by atoms with Gasteiger partial charge >= 0.3 is 0 Å². The fourth-order valence-corrected chi connectivity index (χ4v) is 1.76. The van der Waals surface area contributed by atoms with Crippen molar-refractivity contribution in [3.05, 3.63) is 33.1 Å². The maximum Gasteiger partial charge on any atom is 0.259 e. The number of rotatable bonds is 0. The number of H-pyrrole nitrogens is 1. The standard InChI is InChI=1S/C11H13N3O/c1-5-6(2)12-7(3)10-9(5)11(15)14-8(4)13-10/h1-4H3,(H,13,14,15). The summed E-state index contributed by atoms with van der Waals surface area (Å²) in [7, 11) is 0. The fourth-order valence-electron chi connectivity index (χ4n) is 1.76. The van der Waals surface area contributed by atoms with Crippen LogP contribution in [-0.4, -0.2) is 15.0 Å². The smallest absolute Gasteiger partial charge is 0.259 e. The van der Waals surface area contributed by atoms with E-state index in [9.17, 15) is 4.79 Å². The summed E-state index contributed by atoms with van der Waals surface area (Å²) in [5, 5.41) is 0.658. The van der Waals surface area contributed by atoms with Gasteiger partial charge in [0.05, 0.1) is 16.6 Å². The minimum atomic E-state index is -0.0800. The molecule has 2 rings (SSSR count). The van der Waals surface area contributed by atoms with Crippen LogP contribution in [0.2, 0.25) is 0 Å². The highest BCUT2D eigenvalue weighted by atomic mass is 16.1. The summed E-state index contributed by atoms with van der Waals surface area (Å²) >= 11 is 0. The minimum absolute atomic E-state index is 0.0800. The Kier molecular flexibility index (Phi) is 2.07. The third-order valence-corrected chi connectivity index (χ3v) is 2.63. The van der Waals surface area contributed by atoms with Gasteiger partial charge in [-0.05, 0) is 33.3 Å². The first-order valence-corrected chi connectivity index (χ1v) is 4.85. The third-order valence-electron chi connectivity index (χ3n) is 2.63. The van der Waals surface area contributed by atoms with Crippen LogP contribution in [0.15, 0.2) is 4.79 Å². The quantitative estimate of drug-likeness (QED) is 0.706. The molecule has 4 heteroatoms. The number of pyridine rings is 1. The molecule has 0 unspecified atom stereocenters. The van der Waals surface area contributed by atoms with E-state index in [1.165, 1.54) is 0 Å².